The molecule has 2 amide bonds. The van der Waals surface area contributed by atoms with Gasteiger partial charge in [0.25, 0.3) is 5.91 Å². The average molecular weight is 519 g/mol. The molecule has 3 aromatic carbocycles. The van der Waals surface area contributed by atoms with Crippen LogP contribution < -0.4 is 10.1 Å². The second kappa shape index (κ2) is 11.1. The zero-order valence-corrected chi connectivity index (χ0v) is 20.6. The van der Waals surface area contributed by atoms with Gasteiger partial charge in [-0.05, 0) is 23.3 Å². The Morgan fingerprint density at radius 2 is 1.51 bits per heavy atom. The fourth-order valence-corrected chi connectivity index (χ4v) is 5.84. The van der Waals surface area contributed by atoms with Crippen LogP contribution in [0.2, 0.25) is 0 Å². The van der Waals surface area contributed by atoms with Crippen LogP contribution in [0.3, 0.4) is 0 Å². The summed E-state index contributed by atoms with van der Waals surface area (Å²) in [4.78, 5) is 40.2. The van der Waals surface area contributed by atoms with E-state index in [9.17, 15) is 19.5 Å². The predicted octanol–water partition coefficient (Wildman–Crippen LogP) is 2.53. The molecule has 2 N–H and O–H groups in total. The molecule has 0 aliphatic carbocycles. The van der Waals surface area contributed by atoms with Crippen molar-refractivity contribution in [3.8, 4) is 5.75 Å². The Balaban J connectivity index is 1.26. The lowest BCUT2D eigenvalue weighted by Gasteiger charge is -2.53. The molecule has 37 heavy (non-hydrogen) atoms. The number of aliphatic hydroxyl groups excluding tert-OH is 1. The number of hydrogen-bond acceptors (Lipinski definition) is 7. The minimum atomic E-state index is -1.16. The van der Waals surface area contributed by atoms with Gasteiger partial charge in [-0.3, -0.25) is 9.59 Å². The number of para-hydroxylation sites is 1. The maximum absolute atomic E-state index is 13.4. The van der Waals surface area contributed by atoms with Crippen LogP contribution in [0, 0.1) is 0 Å². The highest BCUT2D eigenvalue weighted by molar-refractivity contribution is 8.00. The van der Waals surface area contributed by atoms with Crippen LogP contribution in [0.5, 0.6) is 5.75 Å². The molecule has 8 nitrogen and oxygen atoms in total. The van der Waals surface area contributed by atoms with E-state index in [2.05, 4.69) is 5.32 Å². The number of thioether (sulfide) groups is 1. The second-order valence-electron chi connectivity index (χ2n) is 8.77. The van der Waals surface area contributed by atoms with Crippen LogP contribution in [0.1, 0.15) is 17.2 Å². The molecule has 5 rings (SSSR count). The summed E-state index contributed by atoms with van der Waals surface area (Å²) >= 11 is 1.31. The van der Waals surface area contributed by atoms with E-state index in [0.717, 1.165) is 11.1 Å². The number of hydrogen-bond donors (Lipinski definition) is 2. The number of carbonyl (C=O) groups excluding carboxylic acids is 3. The maximum Gasteiger partial charge on any atom is 0.332 e. The third kappa shape index (κ3) is 5.33. The van der Waals surface area contributed by atoms with Crippen molar-refractivity contribution in [2.75, 3.05) is 12.4 Å². The Kier molecular flexibility index (Phi) is 7.43. The SMILES string of the molecule is O=C(COc1ccccc1)N[C@@H]1C(=O)N2[C@@H]1SCC(O)[C@@H]2C(=O)OC(c1ccccc1)c1ccccc1. The summed E-state index contributed by atoms with van der Waals surface area (Å²) in [6, 6.07) is 25.5. The largest absolute Gasteiger partial charge is 0.484 e. The van der Waals surface area contributed by atoms with Crippen molar-refractivity contribution in [1.82, 2.24) is 10.2 Å². The Labute approximate surface area is 218 Å². The third-order valence-electron chi connectivity index (χ3n) is 6.29. The summed E-state index contributed by atoms with van der Waals surface area (Å²) in [5.74, 6) is -0.810. The zero-order valence-electron chi connectivity index (χ0n) is 19.8. The molecule has 0 saturated carbocycles. The van der Waals surface area contributed by atoms with Crippen LogP contribution in [-0.4, -0.2) is 63.7 Å². The first-order valence-electron chi connectivity index (χ1n) is 11.9. The fraction of sp³-hybridized carbons (Fsp3) is 0.250. The first-order chi connectivity index (χ1) is 18.0. The summed E-state index contributed by atoms with van der Waals surface area (Å²) in [6.45, 7) is -0.241. The van der Waals surface area contributed by atoms with E-state index in [-0.39, 0.29) is 12.4 Å². The van der Waals surface area contributed by atoms with Crippen molar-refractivity contribution in [1.29, 1.82) is 0 Å². The van der Waals surface area contributed by atoms with Gasteiger partial charge in [0.05, 0.1) is 6.10 Å². The molecule has 2 fully saturated rings. The van der Waals surface area contributed by atoms with Gasteiger partial charge < -0.3 is 24.8 Å². The van der Waals surface area contributed by atoms with Crippen LogP contribution in [-0.2, 0) is 19.1 Å². The molecule has 0 bridgehead atoms. The Bertz CT molecular complexity index is 1200. The molecule has 9 heteroatoms. The van der Waals surface area contributed by atoms with E-state index < -0.39 is 47.4 Å². The number of nitrogens with zero attached hydrogens (tertiary/aromatic N) is 1. The standard InChI is InChI=1S/C28H26N2O6S/c31-21-17-37-27-23(29-22(32)16-35-20-14-8-3-9-15-20)26(33)30(27)24(21)28(34)36-25(18-10-4-1-5-11-18)19-12-6-2-7-13-19/h1-15,21,23-25,27,31H,16-17H2,(H,29,32)/t21?,23-,24-,27-/m1/s1. The fourth-order valence-electron chi connectivity index (χ4n) is 4.49. The Hall–Kier alpha value is -3.82. The van der Waals surface area contributed by atoms with Crippen LogP contribution in [0.15, 0.2) is 91.0 Å². The highest BCUT2D eigenvalue weighted by atomic mass is 32.2. The molecule has 4 atom stereocenters. The first kappa shape index (κ1) is 24.9. The Morgan fingerprint density at radius 3 is 2.11 bits per heavy atom. The molecule has 0 radical (unpaired) electrons. The van der Waals surface area contributed by atoms with Crippen LogP contribution >= 0.6 is 11.8 Å². The highest BCUT2D eigenvalue weighted by Gasteiger charge is 2.58. The van der Waals surface area contributed by atoms with E-state index >= 15 is 0 Å². The topological polar surface area (TPSA) is 105 Å². The molecule has 0 spiro atoms. The van der Waals surface area contributed by atoms with Gasteiger partial charge in [-0.15, -0.1) is 11.8 Å². The van der Waals surface area contributed by atoms with Gasteiger partial charge in [-0.1, -0.05) is 78.9 Å². The number of carbonyl (C=O) groups is 3. The number of fused-ring (bicyclic) bond motifs is 1. The normalized spacial score (nSPS) is 22.5. The van der Waals surface area contributed by atoms with Gasteiger partial charge in [-0.25, -0.2) is 4.79 Å². The van der Waals surface area contributed by atoms with Crippen molar-refractivity contribution in [3.05, 3.63) is 102 Å². The number of amides is 2. The van der Waals surface area contributed by atoms with Gasteiger partial charge in [0.1, 0.15) is 17.2 Å². The number of ether oxygens (including phenoxy) is 2. The molecular weight excluding hydrogens is 492 g/mol. The molecule has 2 aliphatic rings. The van der Waals surface area contributed by atoms with E-state index in [1.165, 1.54) is 16.7 Å². The summed E-state index contributed by atoms with van der Waals surface area (Å²) < 4.78 is 11.4. The van der Waals surface area contributed by atoms with E-state index in [1.54, 1.807) is 24.3 Å². The quantitative estimate of drug-likeness (QED) is 0.349. The number of aliphatic hydroxyl groups is 1. The Morgan fingerprint density at radius 1 is 0.946 bits per heavy atom. The van der Waals surface area contributed by atoms with Crippen molar-refractivity contribution >= 4 is 29.5 Å². The second-order valence-corrected chi connectivity index (χ2v) is 9.92. The summed E-state index contributed by atoms with van der Waals surface area (Å²) in [7, 11) is 0. The predicted molar refractivity (Wildman–Crippen MR) is 138 cm³/mol. The lowest BCUT2D eigenvalue weighted by atomic mass is 9.98. The summed E-state index contributed by atoms with van der Waals surface area (Å²) in [5.41, 5.74) is 1.55. The maximum atomic E-state index is 13.4. The van der Waals surface area contributed by atoms with Crippen LogP contribution in [0.25, 0.3) is 0 Å². The molecule has 0 aromatic heterocycles. The van der Waals surface area contributed by atoms with E-state index in [4.69, 9.17) is 9.47 Å². The molecular formula is C28H26N2O6S. The van der Waals surface area contributed by atoms with Crippen molar-refractivity contribution in [3.63, 3.8) is 0 Å². The monoisotopic (exact) mass is 518 g/mol. The van der Waals surface area contributed by atoms with Gasteiger partial charge >= 0.3 is 5.97 Å². The number of benzene rings is 3. The first-order valence-corrected chi connectivity index (χ1v) is 13.0. The zero-order chi connectivity index (χ0) is 25.8. The highest BCUT2D eigenvalue weighted by Crippen LogP contribution is 2.39. The van der Waals surface area contributed by atoms with Gasteiger partial charge in [0, 0.05) is 5.75 Å². The summed E-state index contributed by atoms with van der Waals surface area (Å²) in [6.07, 6.45) is -1.79. The molecule has 2 aliphatic heterocycles. The van der Waals surface area contributed by atoms with Crippen molar-refractivity contribution in [2.24, 2.45) is 0 Å². The number of nitrogens with one attached hydrogen (secondary N) is 1. The number of rotatable bonds is 8. The van der Waals surface area contributed by atoms with Crippen molar-refractivity contribution in [2.45, 2.75) is 29.7 Å². The van der Waals surface area contributed by atoms with E-state index in [0.29, 0.717) is 5.75 Å². The van der Waals surface area contributed by atoms with Gasteiger partial charge in [0.15, 0.2) is 18.8 Å². The lowest BCUT2D eigenvalue weighted by Crippen LogP contribution is -2.77. The molecule has 2 heterocycles. The van der Waals surface area contributed by atoms with E-state index in [1.807, 2.05) is 66.7 Å². The lowest BCUT2D eigenvalue weighted by molar-refractivity contribution is -0.173. The minimum absolute atomic E-state index is 0.225. The molecule has 3 aromatic rings. The van der Waals surface area contributed by atoms with Gasteiger partial charge in [-0.2, -0.15) is 0 Å². The number of esters is 1. The number of β-lactam (4-membered cyclic amide) rings is 1. The molecule has 190 valence electrons. The molecule has 1 unspecified atom stereocenters. The van der Waals surface area contributed by atoms with Gasteiger partial charge in [0.2, 0.25) is 5.91 Å². The van der Waals surface area contributed by atoms with Crippen LogP contribution in [0.4, 0.5) is 0 Å². The van der Waals surface area contributed by atoms with Crippen molar-refractivity contribution < 1.29 is 29.0 Å². The average Bonchev–Trinajstić information content (AvgIpc) is 2.94. The smallest absolute Gasteiger partial charge is 0.332 e. The summed E-state index contributed by atoms with van der Waals surface area (Å²) in [5, 5.41) is 12.9. The third-order valence-corrected chi connectivity index (χ3v) is 7.67. The molecule has 2 saturated heterocycles. The minimum Gasteiger partial charge on any atom is -0.484 e.